The summed E-state index contributed by atoms with van der Waals surface area (Å²) in [5.41, 5.74) is 1.17. The lowest BCUT2D eigenvalue weighted by Gasteiger charge is -2.43. The lowest BCUT2D eigenvalue weighted by Crippen LogP contribution is -2.50. The van der Waals surface area contributed by atoms with E-state index in [1.54, 1.807) is 11.0 Å². The molecule has 6 nitrogen and oxygen atoms in total. The molecule has 3 aliphatic rings. The maximum atomic E-state index is 13.2. The SMILES string of the molecule is CC1CCN(S(=O)(=O)c2cc3c4c(c2)C(C)CC(C)(C)N4C(=O)C3=O)CC1. The monoisotopic (exact) mass is 390 g/mol. The molecule has 0 saturated carbocycles. The van der Waals surface area contributed by atoms with Gasteiger partial charge in [0.15, 0.2) is 0 Å². The number of anilines is 1. The molecular weight excluding hydrogens is 364 g/mol. The molecule has 1 saturated heterocycles. The minimum absolute atomic E-state index is 0.0697. The molecular formula is C20H26N2O4S. The second kappa shape index (κ2) is 5.88. The van der Waals surface area contributed by atoms with Gasteiger partial charge in [-0.1, -0.05) is 13.8 Å². The van der Waals surface area contributed by atoms with Gasteiger partial charge in [0, 0.05) is 18.6 Å². The van der Waals surface area contributed by atoms with Crippen molar-refractivity contribution in [1.82, 2.24) is 4.31 Å². The summed E-state index contributed by atoms with van der Waals surface area (Å²) in [6, 6.07) is 3.10. The van der Waals surface area contributed by atoms with Crippen molar-refractivity contribution < 1.29 is 18.0 Å². The molecule has 0 radical (unpaired) electrons. The topological polar surface area (TPSA) is 74.8 Å². The zero-order valence-corrected chi connectivity index (χ0v) is 17.1. The van der Waals surface area contributed by atoms with Gasteiger partial charge >= 0.3 is 0 Å². The summed E-state index contributed by atoms with van der Waals surface area (Å²) in [6.07, 6.45) is 2.36. The van der Waals surface area contributed by atoms with Crippen LogP contribution in [0.25, 0.3) is 0 Å². The second-order valence-corrected chi connectivity index (χ2v) is 10.8. The zero-order valence-electron chi connectivity index (χ0n) is 16.3. The standard InChI is InChI=1S/C20H26N2O4S/c1-12-5-7-21(8-6-12)27(25,26)14-9-15-13(2)11-20(3,4)22-17(15)16(10-14)18(23)19(22)24/h9-10,12-13H,5-8,11H2,1-4H3. The summed E-state index contributed by atoms with van der Waals surface area (Å²) in [4.78, 5) is 27.0. The van der Waals surface area contributed by atoms with Crippen molar-refractivity contribution in [2.24, 2.45) is 5.92 Å². The van der Waals surface area contributed by atoms with Crippen LogP contribution in [0.2, 0.25) is 0 Å². The molecule has 0 bridgehead atoms. The van der Waals surface area contributed by atoms with Crippen LogP contribution in [-0.4, -0.2) is 43.0 Å². The smallest absolute Gasteiger partial charge is 0.299 e. The normalized spacial score (nSPS) is 25.8. The Morgan fingerprint density at radius 3 is 2.33 bits per heavy atom. The number of carbonyl (C=O) groups is 2. The van der Waals surface area contributed by atoms with Crippen molar-refractivity contribution in [3.63, 3.8) is 0 Å². The summed E-state index contributed by atoms with van der Waals surface area (Å²) in [5, 5.41) is 0. The number of Topliss-reactive ketones (excluding diaryl/α,β-unsaturated/α-hetero) is 1. The highest BCUT2D eigenvalue weighted by molar-refractivity contribution is 7.89. The first-order valence-electron chi connectivity index (χ1n) is 9.61. The number of hydrogen-bond donors (Lipinski definition) is 0. The van der Waals surface area contributed by atoms with Gasteiger partial charge in [-0.2, -0.15) is 4.31 Å². The molecule has 146 valence electrons. The first kappa shape index (κ1) is 18.6. The number of carbonyl (C=O) groups excluding carboxylic acids is 2. The molecule has 3 aliphatic heterocycles. The molecule has 7 heteroatoms. The highest BCUT2D eigenvalue weighted by Crippen LogP contribution is 2.49. The minimum atomic E-state index is -3.67. The van der Waals surface area contributed by atoms with Crippen molar-refractivity contribution in [2.45, 2.75) is 63.3 Å². The second-order valence-electron chi connectivity index (χ2n) is 8.88. The van der Waals surface area contributed by atoms with Crippen molar-refractivity contribution in [1.29, 1.82) is 0 Å². The Labute approximate surface area is 160 Å². The quantitative estimate of drug-likeness (QED) is 0.728. The van der Waals surface area contributed by atoms with Crippen LogP contribution in [0.4, 0.5) is 5.69 Å². The molecule has 1 amide bonds. The number of hydrogen-bond acceptors (Lipinski definition) is 4. The number of ketones is 1. The van der Waals surface area contributed by atoms with E-state index < -0.39 is 27.3 Å². The van der Waals surface area contributed by atoms with Crippen LogP contribution in [0.3, 0.4) is 0 Å². The van der Waals surface area contributed by atoms with Crippen LogP contribution >= 0.6 is 0 Å². The van der Waals surface area contributed by atoms with Crippen LogP contribution < -0.4 is 4.90 Å². The van der Waals surface area contributed by atoms with Gasteiger partial charge < -0.3 is 0 Å². The van der Waals surface area contributed by atoms with Crippen LogP contribution in [0.1, 0.15) is 68.8 Å². The van der Waals surface area contributed by atoms with Crippen molar-refractivity contribution in [3.8, 4) is 0 Å². The molecule has 4 rings (SSSR count). The molecule has 0 aromatic heterocycles. The van der Waals surface area contributed by atoms with Crippen LogP contribution in [0, 0.1) is 5.92 Å². The van der Waals surface area contributed by atoms with E-state index >= 15 is 0 Å². The predicted molar refractivity (Wildman–Crippen MR) is 103 cm³/mol. The Kier molecular flexibility index (Phi) is 4.06. The molecule has 0 spiro atoms. The number of nitrogens with zero attached hydrogens (tertiary/aromatic N) is 2. The van der Waals surface area contributed by atoms with Crippen LogP contribution in [0.5, 0.6) is 0 Å². The summed E-state index contributed by atoms with van der Waals surface area (Å²) in [5.74, 6) is -0.560. The molecule has 1 fully saturated rings. The number of piperidine rings is 1. The van der Waals surface area contributed by atoms with E-state index in [0.29, 0.717) is 31.1 Å². The number of sulfonamides is 1. The number of benzene rings is 1. The first-order chi connectivity index (χ1) is 12.5. The van der Waals surface area contributed by atoms with Gasteiger partial charge in [-0.05, 0) is 62.6 Å². The Morgan fingerprint density at radius 2 is 1.70 bits per heavy atom. The van der Waals surface area contributed by atoms with Gasteiger partial charge in [0.2, 0.25) is 10.0 Å². The summed E-state index contributed by atoms with van der Waals surface area (Å²) >= 11 is 0. The Balaban J connectivity index is 1.85. The molecule has 0 aliphatic carbocycles. The van der Waals surface area contributed by atoms with E-state index in [9.17, 15) is 18.0 Å². The third kappa shape index (κ3) is 2.66. The number of rotatable bonds is 2. The van der Waals surface area contributed by atoms with E-state index in [1.165, 1.54) is 10.4 Å². The third-order valence-corrected chi connectivity index (χ3v) is 8.18. The van der Waals surface area contributed by atoms with Crippen molar-refractivity contribution in [2.75, 3.05) is 18.0 Å². The van der Waals surface area contributed by atoms with Crippen LogP contribution in [0.15, 0.2) is 17.0 Å². The predicted octanol–water partition coefficient (Wildman–Crippen LogP) is 2.92. The zero-order chi connectivity index (χ0) is 19.7. The van der Waals surface area contributed by atoms with Gasteiger partial charge in [0.05, 0.1) is 16.1 Å². The highest BCUT2D eigenvalue weighted by atomic mass is 32.2. The van der Waals surface area contributed by atoms with Crippen molar-refractivity contribution >= 4 is 27.4 Å². The van der Waals surface area contributed by atoms with Gasteiger partial charge in [0.25, 0.3) is 11.7 Å². The summed E-state index contributed by atoms with van der Waals surface area (Å²) in [6.45, 7) is 9.06. The van der Waals surface area contributed by atoms with Gasteiger partial charge in [-0.25, -0.2) is 8.42 Å². The average molecular weight is 391 g/mol. The Bertz CT molecular complexity index is 943. The fraction of sp³-hybridized carbons (Fsp3) is 0.600. The molecule has 1 aromatic rings. The molecule has 3 heterocycles. The lowest BCUT2D eigenvalue weighted by molar-refractivity contribution is -0.115. The van der Waals surface area contributed by atoms with E-state index in [2.05, 4.69) is 6.92 Å². The number of amides is 1. The van der Waals surface area contributed by atoms with E-state index in [1.807, 2.05) is 20.8 Å². The fourth-order valence-corrected chi connectivity index (χ4v) is 6.33. The molecule has 1 aromatic carbocycles. The largest absolute Gasteiger partial charge is 0.299 e. The van der Waals surface area contributed by atoms with Gasteiger partial charge in [-0.15, -0.1) is 0 Å². The van der Waals surface area contributed by atoms with E-state index in [4.69, 9.17) is 0 Å². The molecule has 0 N–H and O–H groups in total. The Morgan fingerprint density at radius 1 is 1.07 bits per heavy atom. The molecule has 1 atom stereocenters. The lowest BCUT2D eigenvalue weighted by atomic mass is 9.80. The fourth-order valence-electron chi connectivity index (χ4n) is 4.80. The minimum Gasteiger partial charge on any atom is -0.299 e. The maximum absolute atomic E-state index is 13.2. The average Bonchev–Trinajstić information content (AvgIpc) is 2.85. The van der Waals surface area contributed by atoms with Gasteiger partial charge in [-0.3, -0.25) is 14.5 Å². The van der Waals surface area contributed by atoms with Gasteiger partial charge in [0.1, 0.15) is 0 Å². The summed E-state index contributed by atoms with van der Waals surface area (Å²) in [7, 11) is -3.67. The maximum Gasteiger partial charge on any atom is 0.299 e. The third-order valence-electron chi connectivity index (χ3n) is 6.30. The molecule has 27 heavy (non-hydrogen) atoms. The highest BCUT2D eigenvalue weighted by Gasteiger charge is 2.49. The van der Waals surface area contributed by atoms with Crippen LogP contribution in [-0.2, 0) is 14.8 Å². The molecule has 1 unspecified atom stereocenters. The van der Waals surface area contributed by atoms with Crippen molar-refractivity contribution in [3.05, 3.63) is 23.3 Å². The Hall–Kier alpha value is -1.73. The van der Waals surface area contributed by atoms with E-state index in [-0.39, 0.29) is 16.4 Å². The first-order valence-corrected chi connectivity index (χ1v) is 11.0. The summed E-state index contributed by atoms with van der Waals surface area (Å²) < 4.78 is 27.9. The van der Waals surface area contributed by atoms with E-state index in [0.717, 1.165) is 18.4 Å².